The fourth-order valence-corrected chi connectivity index (χ4v) is 2.25. The van der Waals surface area contributed by atoms with Gasteiger partial charge in [-0.15, -0.1) is 0 Å². The van der Waals surface area contributed by atoms with Gasteiger partial charge in [0.05, 0.1) is 18.7 Å². The van der Waals surface area contributed by atoms with Crippen molar-refractivity contribution < 1.29 is 17.9 Å². The van der Waals surface area contributed by atoms with E-state index in [1.807, 2.05) is 4.90 Å². The predicted octanol–water partition coefficient (Wildman–Crippen LogP) is 3.22. The Morgan fingerprint density at radius 3 is 2.62 bits per heavy atom. The number of aromatic nitrogens is 2. The Hall–Kier alpha value is -2.35. The highest BCUT2D eigenvalue weighted by molar-refractivity contribution is 5.32. The van der Waals surface area contributed by atoms with E-state index in [-0.39, 0.29) is 6.04 Å². The van der Waals surface area contributed by atoms with Crippen LogP contribution in [0, 0.1) is 0 Å². The topological polar surface area (TPSA) is 50.3 Å². The average Bonchev–Trinajstić information content (AvgIpc) is 2.54. The van der Waals surface area contributed by atoms with Gasteiger partial charge in [0.2, 0.25) is 11.8 Å². The lowest BCUT2D eigenvalue weighted by molar-refractivity contribution is -0.137. The second-order valence-corrected chi connectivity index (χ2v) is 5.41. The summed E-state index contributed by atoms with van der Waals surface area (Å²) in [4.78, 5) is 10.0. The van der Waals surface area contributed by atoms with E-state index in [4.69, 9.17) is 4.74 Å². The summed E-state index contributed by atoms with van der Waals surface area (Å²) in [6, 6.07) is 6.65. The molecule has 2 aromatic rings. The standard InChI is InChI=1S/C16H19F3N4O/c1-23(2)13(10-21-15-20-8-7-14(22-15)24-3)11-5-4-6-12(9-11)16(17,18)19/h4-9,13H,10H2,1-3H3,(H,20,21,22). The third-order valence-electron chi connectivity index (χ3n) is 3.51. The summed E-state index contributed by atoms with van der Waals surface area (Å²) in [5, 5.41) is 3.03. The van der Waals surface area contributed by atoms with Crippen molar-refractivity contribution in [2.24, 2.45) is 0 Å². The van der Waals surface area contributed by atoms with Crippen molar-refractivity contribution in [2.75, 3.05) is 33.1 Å². The van der Waals surface area contributed by atoms with Crippen LogP contribution in [0.25, 0.3) is 0 Å². The van der Waals surface area contributed by atoms with Crippen molar-refractivity contribution in [1.29, 1.82) is 0 Å². The first-order chi connectivity index (χ1) is 11.3. The summed E-state index contributed by atoms with van der Waals surface area (Å²) < 4.78 is 43.7. The van der Waals surface area contributed by atoms with Gasteiger partial charge in [0, 0.05) is 18.8 Å². The van der Waals surface area contributed by atoms with Crippen LogP contribution in [-0.2, 0) is 6.18 Å². The van der Waals surface area contributed by atoms with Crippen LogP contribution >= 0.6 is 0 Å². The molecule has 0 saturated carbocycles. The number of methoxy groups -OCH3 is 1. The normalized spacial score (nSPS) is 13.0. The van der Waals surface area contributed by atoms with Gasteiger partial charge < -0.3 is 15.0 Å². The number of rotatable bonds is 6. The van der Waals surface area contributed by atoms with E-state index >= 15 is 0 Å². The van der Waals surface area contributed by atoms with E-state index < -0.39 is 11.7 Å². The molecular weight excluding hydrogens is 321 g/mol. The van der Waals surface area contributed by atoms with Crippen LogP contribution in [0.5, 0.6) is 5.88 Å². The monoisotopic (exact) mass is 340 g/mol. The van der Waals surface area contributed by atoms with Gasteiger partial charge in [-0.25, -0.2) is 4.98 Å². The van der Waals surface area contributed by atoms with Crippen LogP contribution in [0.1, 0.15) is 17.2 Å². The third-order valence-corrected chi connectivity index (χ3v) is 3.51. The molecular formula is C16H19F3N4O. The summed E-state index contributed by atoms with van der Waals surface area (Å²) in [6.45, 7) is 0.349. The number of hydrogen-bond acceptors (Lipinski definition) is 5. The minimum absolute atomic E-state index is 0.276. The van der Waals surface area contributed by atoms with Crippen LogP contribution < -0.4 is 10.1 Å². The zero-order valence-electron chi connectivity index (χ0n) is 13.6. The SMILES string of the molecule is COc1ccnc(NCC(c2cccc(C(F)(F)F)c2)N(C)C)n1. The average molecular weight is 340 g/mol. The van der Waals surface area contributed by atoms with Gasteiger partial charge >= 0.3 is 6.18 Å². The molecule has 1 heterocycles. The van der Waals surface area contributed by atoms with Gasteiger partial charge in [-0.3, -0.25) is 0 Å². The number of anilines is 1. The molecule has 0 aliphatic carbocycles. The van der Waals surface area contributed by atoms with Crippen molar-refractivity contribution in [1.82, 2.24) is 14.9 Å². The quantitative estimate of drug-likeness (QED) is 0.875. The minimum Gasteiger partial charge on any atom is -0.481 e. The van der Waals surface area contributed by atoms with E-state index in [0.29, 0.717) is 23.9 Å². The fraction of sp³-hybridized carbons (Fsp3) is 0.375. The first-order valence-corrected chi connectivity index (χ1v) is 7.25. The molecule has 1 aromatic carbocycles. The number of benzene rings is 1. The molecule has 0 fully saturated rings. The van der Waals surface area contributed by atoms with Crippen LogP contribution in [0.15, 0.2) is 36.5 Å². The lowest BCUT2D eigenvalue weighted by atomic mass is 10.0. The smallest absolute Gasteiger partial charge is 0.416 e. The molecule has 24 heavy (non-hydrogen) atoms. The summed E-state index contributed by atoms with van der Waals surface area (Å²) >= 11 is 0. The largest absolute Gasteiger partial charge is 0.481 e. The second kappa shape index (κ2) is 7.48. The van der Waals surface area contributed by atoms with Crippen molar-refractivity contribution in [3.8, 4) is 5.88 Å². The molecule has 0 radical (unpaired) electrons. The van der Waals surface area contributed by atoms with Crippen LogP contribution in [0.3, 0.4) is 0 Å². The van der Waals surface area contributed by atoms with Crippen LogP contribution in [-0.4, -0.2) is 42.6 Å². The molecule has 0 amide bonds. The molecule has 1 atom stereocenters. The Morgan fingerprint density at radius 2 is 2.00 bits per heavy atom. The molecule has 1 unspecified atom stereocenters. The maximum absolute atomic E-state index is 12.9. The first kappa shape index (κ1) is 18.0. The van der Waals surface area contributed by atoms with Gasteiger partial charge in [0.25, 0.3) is 0 Å². The molecule has 0 aliphatic rings. The van der Waals surface area contributed by atoms with E-state index in [9.17, 15) is 13.2 Å². The molecule has 130 valence electrons. The lowest BCUT2D eigenvalue weighted by Crippen LogP contribution is -2.27. The Kier molecular flexibility index (Phi) is 5.61. The number of halogens is 3. The Labute approximate surface area is 138 Å². The molecule has 2 rings (SSSR count). The van der Waals surface area contributed by atoms with Crippen molar-refractivity contribution in [3.05, 3.63) is 47.7 Å². The van der Waals surface area contributed by atoms with Gasteiger partial charge in [0.15, 0.2) is 0 Å². The maximum Gasteiger partial charge on any atom is 0.416 e. The fourth-order valence-electron chi connectivity index (χ4n) is 2.25. The summed E-state index contributed by atoms with van der Waals surface area (Å²) in [5.41, 5.74) is -0.102. The molecule has 0 saturated heterocycles. The van der Waals surface area contributed by atoms with E-state index in [1.165, 1.54) is 19.2 Å². The molecule has 1 N–H and O–H groups in total. The van der Waals surface area contributed by atoms with Crippen molar-refractivity contribution >= 4 is 5.95 Å². The number of nitrogens with zero attached hydrogens (tertiary/aromatic N) is 3. The molecule has 8 heteroatoms. The van der Waals surface area contributed by atoms with Crippen LogP contribution in [0.4, 0.5) is 19.1 Å². The third kappa shape index (κ3) is 4.58. The van der Waals surface area contributed by atoms with E-state index in [1.54, 1.807) is 32.4 Å². The van der Waals surface area contributed by atoms with Crippen molar-refractivity contribution in [2.45, 2.75) is 12.2 Å². The lowest BCUT2D eigenvalue weighted by Gasteiger charge is -2.25. The minimum atomic E-state index is -4.36. The van der Waals surface area contributed by atoms with Crippen molar-refractivity contribution in [3.63, 3.8) is 0 Å². The van der Waals surface area contributed by atoms with Gasteiger partial charge in [0.1, 0.15) is 0 Å². The number of alkyl halides is 3. The number of likely N-dealkylation sites (N-methyl/N-ethyl adjacent to an activating group) is 1. The Balaban J connectivity index is 2.18. The van der Waals surface area contributed by atoms with Gasteiger partial charge in [-0.1, -0.05) is 12.1 Å². The van der Waals surface area contributed by atoms with E-state index in [2.05, 4.69) is 15.3 Å². The Bertz CT molecular complexity index is 676. The highest BCUT2D eigenvalue weighted by Gasteiger charge is 2.31. The highest BCUT2D eigenvalue weighted by Crippen LogP contribution is 2.31. The zero-order chi connectivity index (χ0) is 17.7. The Morgan fingerprint density at radius 1 is 1.25 bits per heavy atom. The van der Waals surface area contributed by atoms with E-state index in [0.717, 1.165) is 6.07 Å². The second-order valence-electron chi connectivity index (χ2n) is 5.41. The first-order valence-electron chi connectivity index (χ1n) is 7.25. The number of ether oxygens (including phenoxy) is 1. The summed E-state index contributed by atoms with van der Waals surface area (Å²) in [6.07, 6.45) is -2.82. The van der Waals surface area contributed by atoms with Crippen LogP contribution in [0.2, 0.25) is 0 Å². The molecule has 0 aliphatic heterocycles. The molecule has 5 nitrogen and oxygen atoms in total. The predicted molar refractivity (Wildman–Crippen MR) is 84.9 cm³/mol. The highest BCUT2D eigenvalue weighted by atomic mass is 19.4. The number of hydrogen-bond donors (Lipinski definition) is 1. The summed E-state index contributed by atoms with van der Waals surface area (Å²) in [5.74, 6) is 0.765. The zero-order valence-corrected chi connectivity index (χ0v) is 13.6. The molecule has 0 bridgehead atoms. The summed E-state index contributed by atoms with van der Waals surface area (Å²) in [7, 11) is 5.11. The molecule has 1 aromatic heterocycles. The number of nitrogens with one attached hydrogen (secondary N) is 1. The van der Waals surface area contributed by atoms with Gasteiger partial charge in [-0.2, -0.15) is 18.2 Å². The molecule has 0 spiro atoms. The maximum atomic E-state index is 12.9. The van der Waals surface area contributed by atoms with Gasteiger partial charge in [-0.05, 0) is 31.8 Å².